The normalized spacial score (nSPS) is 15.5. The number of carbonyl (C=O) groups is 1. The maximum absolute atomic E-state index is 11.1. The predicted octanol–water partition coefficient (Wildman–Crippen LogP) is 5.68. The molecule has 23 heavy (non-hydrogen) atoms. The van der Waals surface area contributed by atoms with Crippen molar-refractivity contribution in [2.45, 2.75) is 91.1 Å². The van der Waals surface area contributed by atoms with Crippen molar-refractivity contribution >= 4 is 5.97 Å². The molecule has 0 saturated heterocycles. The molecule has 0 N–H and O–H groups in total. The van der Waals surface area contributed by atoms with Crippen LogP contribution in [0.2, 0.25) is 0 Å². The minimum Gasteiger partial charge on any atom is -0.466 e. The summed E-state index contributed by atoms with van der Waals surface area (Å²) >= 11 is 0. The second kappa shape index (κ2) is 12.6. The topological polar surface area (TPSA) is 35.5 Å². The third kappa shape index (κ3) is 15.8. The lowest BCUT2D eigenvalue weighted by Gasteiger charge is -2.23. The van der Waals surface area contributed by atoms with Crippen molar-refractivity contribution in [1.29, 1.82) is 0 Å². The van der Waals surface area contributed by atoms with Crippen LogP contribution in [0.1, 0.15) is 85.5 Å². The van der Waals surface area contributed by atoms with E-state index in [1.165, 1.54) is 45.6 Å². The summed E-state index contributed by atoms with van der Waals surface area (Å²) in [4.78, 5) is 11.1. The van der Waals surface area contributed by atoms with E-state index < -0.39 is 0 Å². The van der Waals surface area contributed by atoms with E-state index in [0.29, 0.717) is 0 Å². The molecule has 1 fully saturated rings. The van der Waals surface area contributed by atoms with Gasteiger partial charge < -0.3 is 9.47 Å². The number of esters is 1. The summed E-state index contributed by atoms with van der Waals surface area (Å²) < 4.78 is 10.0. The van der Waals surface area contributed by atoms with Crippen molar-refractivity contribution in [3.05, 3.63) is 11.6 Å². The van der Waals surface area contributed by atoms with Gasteiger partial charge in [-0.05, 0) is 46.0 Å². The van der Waals surface area contributed by atoms with Gasteiger partial charge in [-0.1, -0.05) is 51.0 Å². The van der Waals surface area contributed by atoms with Gasteiger partial charge in [0.2, 0.25) is 0 Å². The SMILES string of the molecule is C1CC1.COC(=O)C=C(C)CCCC(C)CCCC(C)(C)OC. The van der Waals surface area contributed by atoms with Crippen molar-refractivity contribution in [2.24, 2.45) is 5.92 Å². The Kier molecular flexibility index (Phi) is 12.1. The van der Waals surface area contributed by atoms with Gasteiger partial charge in [-0.15, -0.1) is 0 Å². The minimum atomic E-state index is -0.252. The zero-order chi connectivity index (χ0) is 17.7. The Morgan fingerprint density at radius 3 is 2.17 bits per heavy atom. The fraction of sp³-hybridized carbons (Fsp3) is 0.850. The Bertz CT molecular complexity index is 340. The van der Waals surface area contributed by atoms with E-state index in [0.717, 1.165) is 30.8 Å². The number of ether oxygens (including phenoxy) is 2. The molecule has 1 aliphatic carbocycles. The van der Waals surface area contributed by atoms with E-state index in [1.54, 1.807) is 13.2 Å². The molecule has 0 aromatic rings. The van der Waals surface area contributed by atoms with E-state index in [-0.39, 0.29) is 11.6 Å². The largest absolute Gasteiger partial charge is 0.466 e. The molecule has 0 bridgehead atoms. The van der Waals surface area contributed by atoms with Gasteiger partial charge in [-0.25, -0.2) is 4.79 Å². The molecule has 0 aromatic carbocycles. The fourth-order valence-electron chi connectivity index (χ4n) is 2.18. The van der Waals surface area contributed by atoms with E-state index in [9.17, 15) is 4.79 Å². The molecule has 1 saturated carbocycles. The van der Waals surface area contributed by atoms with E-state index >= 15 is 0 Å². The molecule has 1 rings (SSSR count). The highest BCUT2D eigenvalue weighted by atomic mass is 16.5. The summed E-state index contributed by atoms with van der Waals surface area (Å²) in [5.41, 5.74) is 1.10. The molecule has 0 aromatic heterocycles. The van der Waals surface area contributed by atoms with Crippen LogP contribution < -0.4 is 0 Å². The highest BCUT2D eigenvalue weighted by Gasteiger charge is 2.16. The molecular weight excluding hydrogens is 288 g/mol. The van der Waals surface area contributed by atoms with Crippen LogP contribution in [0, 0.1) is 5.92 Å². The molecule has 0 heterocycles. The van der Waals surface area contributed by atoms with Gasteiger partial charge in [-0.3, -0.25) is 0 Å². The Balaban J connectivity index is 0.00000143. The molecule has 0 aliphatic heterocycles. The quantitative estimate of drug-likeness (QED) is 0.383. The van der Waals surface area contributed by atoms with Crippen molar-refractivity contribution in [1.82, 2.24) is 0 Å². The van der Waals surface area contributed by atoms with Crippen LogP contribution in [0.15, 0.2) is 11.6 Å². The first kappa shape index (κ1) is 22.2. The molecule has 136 valence electrons. The number of rotatable bonds is 10. The summed E-state index contributed by atoms with van der Waals surface area (Å²) in [5.74, 6) is 0.478. The van der Waals surface area contributed by atoms with Gasteiger partial charge in [-0.2, -0.15) is 0 Å². The number of hydrogen-bond acceptors (Lipinski definition) is 3. The molecule has 0 amide bonds. The summed E-state index contributed by atoms with van der Waals surface area (Å²) in [7, 11) is 3.19. The molecule has 0 radical (unpaired) electrons. The zero-order valence-electron chi connectivity index (χ0n) is 16.2. The minimum absolute atomic E-state index is 0.000436. The van der Waals surface area contributed by atoms with Crippen LogP contribution in [0.4, 0.5) is 0 Å². The first-order valence-corrected chi connectivity index (χ1v) is 9.11. The monoisotopic (exact) mass is 326 g/mol. The lowest BCUT2D eigenvalue weighted by molar-refractivity contribution is -0.134. The second-order valence-electron chi connectivity index (χ2n) is 7.43. The van der Waals surface area contributed by atoms with Crippen LogP contribution in [0.25, 0.3) is 0 Å². The molecule has 1 aliphatic rings. The van der Waals surface area contributed by atoms with Crippen LogP contribution in [0.5, 0.6) is 0 Å². The van der Waals surface area contributed by atoms with E-state index in [1.807, 2.05) is 6.92 Å². The Labute approximate surface area is 143 Å². The molecule has 0 spiro atoms. The van der Waals surface area contributed by atoms with Crippen LogP contribution in [-0.4, -0.2) is 25.8 Å². The number of methoxy groups -OCH3 is 2. The van der Waals surface area contributed by atoms with Gasteiger partial charge in [0.05, 0.1) is 12.7 Å². The fourth-order valence-corrected chi connectivity index (χ4v) is 2.18. The van der Waals surface area contributed by atoms with Crippen LogP contribution >= 0.6 is 0 Å². The van der Waals surface area contributed by atoms with Gasteiger partial charge >= 0.3 is 5.97 Å². The smallest absolute Gasteiger partial charge is 0.330 e. The number of allylic oxidation sites excluding steroid dienone is 1. The maximum atomic E-state index is 11.1. The van der Waals surface area contributed by atoms with Crippen molar-refractivity contribution in [2.75, 3.05) is 14.2 Å². The molecule has 3 heteroatoms. The molecule has 1 unspecified atom stereocenters. The Morgan fingerprint density at radius 2 is 1.70 bits per heavy atom. The molecule has 3 nitrogen and oxygen atoms in total. The Morgan fingerprint density at radius 1 is 1.13 bits per heavy atom. The average Bonchev–Trinajstić information content (AvgIpc) is 3.35. The predicted molar refractivity (Wildman–Crippen MR) is 97.6 cm³/mol. The second-order valence-corrected chi connectivity index (χ2v) is 7.43. The maximum Gasteiger partial charge on any atom is 0.330 e. The van der Waals surface area contributed by atoms with Crippen LogP contribution in [0.3, 0.4) is 0 Å². The third-order valence-corrected chi connectivity index (χ3v) is 4.22. The first-order chi connectivity index (χ1) is 10.8. The third-order valence-electron chi connectivity index (χ3n) is 4.22. The van der Waals surface area contributed by atoms with E-state index in [4.69, 9.17) is 4.74 Å². The molecule has 1 atom stereocenters. The highest BCUT2D eigenvalue weighted by Crippen LogP contribution is 2.22. The van der Waals surface area contributed by atoms with Gasteiger partial charge in [0.25, 0.3) is 0 Å². The summed E-state index contributed by atoms with van der Waals surface area (Å²) in [6.45, 7) is 8.57. The van der Waals surface area contributed by atoms with Crippen molar-refractivity contribution < 1.29 is 14.3 Å². The Hall–Kier alpha value is -0.830. The first-order valence-electron chi connectivity index (χ1n) is 9.11. The standard InChI is InChI=1S/C17H32O3.C3H6/c1-14(11-8-12-17(3,4)20-6)9-7-10-15(2)13-16(18)19-5;1-2-3-1/h13-14H,7-12H2,1-6H3;1-3H2. The van der Waals surface area contributed by atoms with Crippen molar-refractivity contribution in [3.8, 4) is 0 Å². The lowest BCUT2D eigenvalue weighted by Crippen LogP contribution is -2.22. The highest BCUT2D eigenvalue weighted by molar-refractivity contribution is 5.82. The van der Waals surface area contributed by atoms with Gasteiger partial charge in [0.15, 0.2) is 0 Å². The number of hydrogen-bond donors (Lipinski definition) is 0. The van der Waals surface area contributed by atoms with Gasteiger partial charge in [0, 0.05) is 13.2 Å². The molecular formula is C20H38O3. The summed E-state index contributed by atoms with van der Waals surface area (Å²) in [5, 5.41) is 0. The summed E-state index contributed by atoms with van der Waals surface area (Å²) in [6, 6.07) is 0. The zero-order valence-corrected chi connectivity index (χ0v) is 16.2. The number of carbonyl (C=O) groups excluding carboxylic acids is 1. The van der Waals surface area contributed by atoms with Crippen molar-refractivity contribution in [3.63, 3.8) is 0 Å². The van der Waals surface area contributed by atoms with Gasteiger partial charge in [0.1, 0.15) is 0 Å². The average molecular weight is 327 g/mol. The summed E-state index contributed by atoms with van der Waals surface area (Å²) in [6.07, 6.45) is 13.0. The van der Waals surface area contributed by atoms with Crippen LogP contribution in [-0.2, 0) is 14.3 Å². The lowest BCUT2D eigenvalue weighted by atomic mass is 9.93. The van der Waals surface area contributed by atoms with E-state index in [2.05, 4.69) is 25.5 Å².